The second-order valence-electron chi connectivity index (χ2n) is 11.0. The fourth-order valence-electron chi connectivity index (χ4n) is 4.07. The molecule has 3 aromatic rings. The Hall–Kier alpha value is -4.22. The first-order valence-electron chi connectivity index (χ1n) is 13.1. The van der Waals surface area contributed by atoms with Crippen LogP contribution in [0.15, 0.2) is 46.9 Å². The average Bonchev–Trinajstić information content (AvgIpc) is 3.60. The lowest BCUT2D eigenvalue weighted by atomic mass is 9.88. The average molecular weight is 576 g/mol. The first kappa shape index (κ1) is 29.8. The number of hydrogen-bond acceptors (Lipinski definition) is 7. The van der Waals surface area contributed by atoms with Crippen molar-refractivity contribution in [1.82, 2.24) is 10.3 Å². The van der Waals surface area contributed by atoms with Crippen molar-refractivity contribution in [2.75, 3.05) is 6.61 Å². The number of oxazole rings is 1. The molecule has 1 atom stereocenters. The molecule has 2 aromatic carbocycles. The van der Waals surface area contributed by atoms with E-state index in [9.17, 15) is 22.8 Å². The molecule has 0 saturated heterocycles. The number of nitrogens with zero attached hydrogens (tertiary/aromatic N) is 1. The molecule has 2 amide bonds. The minimum Gasteiger partial charge on any atom is -0.489 e. The number of carbonyl (C=O) groups is 2. The molecule has 9 nitrogen and oxygen atoms in total. The van der Waals surface area contributed by atoms with Gasteiger partial charge in [-0.2, -0.15) is 8.78 Å². The Morgan fingerprint density at radius 2 is 1.90 bits per heavy atom. The lowest BCUT2D eigenvalue weighted by Gasteiger charge is -2.24. The molecule has 12 heteroatoms. The van der Waals surface area contributed by atoms with Crippen LogP contribution < -0.4 is 20.5 Å². The van der Waals surface area contributed by atoms with Crippen molar-refractivity contribution in [1.29, 1.82) is 0 Å². The second kappa shape index (κ2) is 12.5. The van der Waals surface area contributed by atoms with E-state index in [4.69, 9.17) is 19.6 Å². The molecule has 1 aliphatic carbocycles. The fraction of sp³-hybridized carbons (Fsp3) is 0.414. The summed E-state index contributed by atoms with van der Waals surface area (Å²) in [6, 6.07) is 9.87. The molecule has 41 heavy (non-hydrogen) atoms. The minimum atomic E-state index is -3.06. The Labute approximate surface area is 235 Å². The summed E-state index contributed by atoms with van der Waals surface area (Å²) in [7, 11) is 0. The third kappa shape index (κ3) is 8.63. The van der Waals surface area contributed by atoms with Gasteiger partial charge in [0.05, 0.1) is 6.61 Å². The molecule has 0 aliphatic heterocycles. The van der Waals surface area contributed by atoms with Crippen LogP contribution in [0.3, 0.4) is 0 Å². The molecule has 3 N–H and O–H groups in total. The molecule has 220 valence electrons. The predicted octanol–water partition coefficient (Wildman–Crippen LogP) is 6.37. The Balaban J connectivity index is 1.71. The molecule has 0 spiro atoms. The van der Waals surface area contributed by atoms with E-state index in [1.54, 1.807) is 6.07 Å². The Morgan fingerprint density at radius 1 is 1.15 bits per heavy atom. The lowest BCUT2D eigenvalue weighted by molar-refractivity contribution is -0.0515. The summed E-state index contributed by atoms with van der Waals surface area (Å²) in [5, 5.41) is 2.67. The van der Waals surface area contributed by atoms with Crippen molar-refractivity contribution in [2.45, 2.75) is 59.3 Å². The monoisotopic (exact) mass is 575 g/mol. The van der Waals surface area contributed by atoms with Gasteiger partial charge in [0.25, 0.3) is 5.91 Å². The largest absolute Gasteiger partial charge is 0.489 e. The van der Waals surface area contributed by atoms with E-state index in [0.717, 1.165) is 12.8 Å². The van der Waals surface area contributed by atoms with Gasteiger partial charge in [0, 0.05) is 12.1 Å². The SMILES string of the molecule is CC(C)(C)C[C@H](OC(N)=O)c1oc(-c2ccc(OC(F)F)c(OCC3CC3)c2)nc1C(=O)NCc1cccc(F)c1. The van der Waals surface area contributed by atoms with Crippen LogP contribution in [-0.2, 0) is 11.3 Å². The van der Waals surface area contributed by atoms with Crippen LogP contribution in [0.4, 0.5) is 18.0 Å². The summed E-state index contributed by atoms with van der Waals surface area (Å²) < 4.78 is 61.3. The van der Waals surface area contributed by atoms with E-state index >= 15 is 0 Å². The number of carbonyl (C=O) groups excluding carboxylic acids is 2. The first-order valence-corrected chi connectivity index (χ1v) is 13.1. The van der Waals surface area contributed by atoms with E-state index in [1.165, 1.54) is 36.4 Å². The van der Waals surface area contributed by atoms with Crippen LogP contribution in [0.5, 0.6) is 11.5 Å². The van der Waals surface area contributed by atoms with E-state index in [-0.39, 0.29) is 47.2 Å². The number of nitrogens with one attached hydrogen (secondary N) is 1. The Morgan fingerprint density at radius 3 is 2.54 bits per heavy atom. The molecule has 1 fully saturated rings. The normalized spacial score (nSPS) is 14.0. The molecular formula is C29H32F3N3O6. The summed E-state index contributed by atoms with van der Waals surface area (Å²) >= 11 is 0. The van der Waals surface area contributed by atoms with Gasteiger partial charge < -0.3 is 29.7 Å². The minimum absolute atomic E-state index is 0.0162. The number of halogens is 3. The molecule has 0 radical (unpaired) electrons. The maximum absolute atomic E-state index is 13.6. The standard InChI is InChI=1S/C29H32F3N3O6/c1-29(2,3)13-22(40-28(33)37)24-23(25(36)34-14-17-5-4-6-19(30)11-17)35-26(41-24)18-9-10-20(39-27(31)32)21(12-18)38-15-16-7-8-16/h4-6,9-12,16,22,27H,7-8,13-15H2,1-3H3,(H2,33,37)(H,34,36)/t22-/m0/s1. The van der Waals surface area contributed by atoms with Gasteiger partial charge in [-0.15, -0.1) is 0 Å². The van der Waals surface area contributed by atoms with E-state index < -0.39 is 30.5 Å². The van der Waals surface area contributed by atoms with Crippen LogP contribution in [-0.4, -0.2) is 30.2 Å². The number of rotatable bonds is 12. The Kier molecular flexibility index (Phi) is 9.09. The van der Waals surface area contributed by atoms with Gasteiger partial charge in [-0.3, -0.25) is 4.79 Å². The maximum Gasteiger partial charge on any atom is 0.405 e. The van der Waals surface area contributed by atoms with Gasteiger partial charge in [-0.05, 0) is 66.5 Å². The smallest absolute Gasteiger partial charge is 0.405 e. The zero-order valence-electron chi connectivity index (χ0n) is 22.9. The number of benzene rings is 2. The van der Waals surface area contributed by atoms with Gasteiger partial charge in [0.15, 0.2) is 29.1 Å². The van der Waals surface area contributed by atoms with Crippen molar-refractivity contribution in [2.24, 2.45) is 17.1 Å². The molecule has 4 rings (SSSR count). The number of aromatic nitrogens is 1. The van der Waals surface area contributed by atoms with Crippen molar-refractivity contribution in [3.63, 3.8) is 0 Å². The molecular weight excluding hydrogens is 543 g/mol. The first-order chi connectivity index (χ1) is 19.4. The van der Waals surface area contributed by atoms with Crippen molar-refractivity contribution in [3.8, 4) is 23.0 Å². The summed E-state index contributed by atoms with van der Waals surface area (Å²) in [5.41, 5.74) is 5.57. The zero-order valence-corrected chi connectivity index (χ0v) is 22.9. The number of nitrogens with two attached hydrogens (primary N) is 1. The predicted molar refractivity (Wildman–Crippen MR) is 142 cm³/mol. The molecule has 1 aromatic heterocycles. The van der Waals surface area contributed by atoms with E-state index in [2.05, 4.69) is 15.0 Å². The topological polar surface area (TPSA) is 126 Å². The zero-order chi connectivity index (χ0) is 29.7. The van der Waals surface area contributed by atoms with Crippen LogP contribution in [0.2, 0.25) is 0 Å². The maximum atomic E-state index is 13.6. The van der Waals surface area contributed by atoms with Gasteiger partial charge in [0.1, 0.15) is 5.82 Å². The third-order valence-corrected chi connectivity index (χ3v) is 6.14. The Bertz CT molecular complexity index is 1380. The van der Waals surface area contributed by atoms with E-state index in [0.29, 0.717) is 23.7 Å². The van der Waals surface area contributed by atoms with Crippen LogP contribution >= 0.6 is 0 Å². The van der Waals surface area contributed by atoms with Crippen LogP contribution in [0.25, 0.3) is 11.5 Å². The third-order valence-electron chi connectivity index (χ3n) is 6.14. The molecule has 0 bridgehead atoms. The number of ether oxygens (including phenoxy) is 3. The second-order valence-corrected chi connectivity index (χ2v) is 11.0. The number of amides is 2. The number of hydrogen-bond donors (Lipinski definition) is 2. The van der Waals surface area contributed by atoms with Crippen molar-refractivity contribution in [3.05, 3.63) is 65.3 Å². The summed E-state index contributed by atoms with van der Waals surface area (Å²) in [5.74, 6) is -1.00. The molecule has 1 heterocycles. The number of alkyl halides is 2. The molecule has 0 unspecified atom stereocenters. The van der Waals surface area contributed by atoms with Crippen LogP contribution in [0, 0.1) is 17.2 Å². The summed E-state index contributed by atoms with van der Waals surface area (Å²) in [4.78, 5) is 29.5. The highest BCUT2D eigenvalue weighted by Gasteiger charge is 2.33. The number of primary amides is 1. The van der Waals surface area contributed by atoms with Gasteiger partial charge in [0.2, 0.25) is 5.89 Å². The highest BCUT2D eigenvalue weighted by molar-refractivity contribution is 5.94. The lowest BCUT2D eigenvalue weighted by Crippen LogP contribution is -2.27. The summed E-state index contributed by atoms with van der Waals surface area (Å²) in [6.07, 6.45) is 0.0443. The van der Waals surface area contributed by atoms with Gasteiger partial charge in [-0.1, -0.05) is 32.9 Å². The van der Waals surface area contributed by atoms with E-state index in [1.807, 2.05) is 20.8 Å². The van der Waals surface area contributed by atoms with Gasteiger partial charge in [-0.25, -0.2) is 14.2 Å². The van der Waals surface area contributed by atoms with Crippen molar-refractivity contribution < 1.29 is 41.4 Å². The van der Waals surface area contributed by atoms with Gasteiger partial charge >= 0.3 is 12.7 Å². The highest BCUT2D eigenvalue weighted by Crippen LogP contribution is 2.39. The molecule has 1 aliphatic rings. The summed E-state index contributed by atoms with van der Waals surface area (Å²) in [6.45, 7) is 2.95. The molecule has 1 saturated carbocycles. The quantitative estimate of drug-likeness (QED) is 0.257. The van der Waals surface area contributed by atoms with Crippen LogP contribution in [0.1, 0.15) is 67.9 Å². The highest BCUT2D eigenvalue weighted by atomic mass is 19.3. The fourth-order valence-corrected chi connectivity index (χ4v) is 4.07. The van der Waals surface area contributed by atoms with Crippen molar-refractivity contribution >= 4 is 12.0 Å².